The molecule has 6 heteroatoms. The van der Waals surface area contributed by atoms with Crippen LogP contribution in [0.1, 0.15) is 111 Å². The number of hydrogen-bond acceptors (Lipinski definition) is 4. The minimum atomic E-state index is 0.0224. The summed E-state index contributed by atoms with van der Waals surface area (Å²) >= 11 is 0. The van der Waals surface area contributed by atoms with Crippen molar-refractivity contribution >= 4 is 11.8 Å². The number of carbonyl (C=O) groups excluding carboxylic acids is 2. The van der Waals surface area contributed by atoms with Gasteiger partial charge in [0.05, 0.1) is 12.8 Å². The van der Waals surface area contributed by atoms with E-state index in [-0.39, 0.29) is 11.8 Å². The summed E-state index contributed by atoms with van der Waals surface area (Å²) in [4.78, 5) is 31.2. The summed E-state index contributed by atoms with van der Waals surface area (Å²) in [5, 5.41) is 5.73. The number of nitrogens with one attached hydrogen (secondary N) is 2. The lowest BCUT2D eigenvalue weighted by Crippen LogP contribution is -2.42. The Hall–Kier alpha value is -1.92. The first-order chi connectivity index (χ1) is 18.6. The Morgan fingerprint density at radius 2 is 1.18 bits per heavy atom. The Kier molecular flexibility index (Phi) is 9.42. The first kappa shape index (κ1) is 27.6. The van der Waals surface area contributed by atoms with Gasteiger partial charge in [0, 0.05) is 32.1 Å². The molecule has 6 nitrogen and oxygen atoms in total. The van der Waals surface area contributed by atoms with Crippen LogP contribution in [0.5, 0.6) is 0 Å². The third-order valence-corrected chi connectivity index (χ3v) is 10.2. The van der Waals surface area contributed by atoms with Crippen molar-refractivity contribution in [3.05, 3.63) is 34.4 Å². The van der Waals surface area contributed by atoms with Crippen LogP contribution in [0.2, 0.25) is 0 Å². The van der Waals surface area contributed by atoms with Gasteiger partial charge in [-0.1, -0.05) is 37.8 Å². The molecular formula is C32H50N4O2. The van der Waals surface area contributed by atoms with Crippen LogP contribution in [0.3, 0.4) is 0 Å². The second-order valence-electron chi connectivity index (χ2n) is 12.3. The molecule has 0 aromatic heterocycles. The van der Waals surface area contributed by atoms with Gasteiger partial charge in [-0.25, -0.2) is 0 Å². The zero-order valence-corrected chi connectivity index (χ0v) is 23.9. The van der Waals surface area contributed by atoms with E-state index >= 15 is 0 Å². The van der Waals surface area contributed by atoms with Gasteiger partial charge in [0.1, 0.15) is 0 Å². The van der Waals surface area contributed by atoms with Gasteiger partial charge in [-0.3, -0.25) is 19.4 Å². The fraction of sp³-hybridized carbons (Fsp3) is 0.750. The van der Waals surface area contributed by atoms with Gasteiger partial charge in [0.15, 0.2) is 0 Å². The quantitative estimate of drug-likeness (QED) is 0.527. The Morgan fingerprint density at radius 3 is 1.76 bits per heavy atom. The molecular weight excluding hydrogens is 472 g/mol. The van der Waals surface area contributed by atoms with Crippen molar-refractivity contribution in [2.75, 3.05) is 40.3 Å². The van der Waals surface area contributed by atoms with Crippen LogP contribution in [0.15, 0.2) is 12.1 Å². The number of amides is 2. The highest BCUT2D eigenvalue weighted by Crippen LogP contribution is 2.47. The highest BCUT2D eigenvalue weighted by Gasteiger charge is 2.40. The first-order valence-corrected chi connectivity index (χ1v) is 15.6. The average Bonchev–Trinajstić information content (AvgIpc) is 3.69. The maximum atomic E-state index is 13.0. The van der Waals surface area contributed by atoms with Crippen LogP contribution in [0.4, 0.5) is 0 Å². The van der Waals surface area contributed by atoms with E-state index in [1.54, 1.807) is 14.1 Å². The number of likely N-dealkylation sites (N-methyl/N-ethyl adjacent to an activating group) is 2. The molecule has 38 heavy (non-hydrogen) atoms. The third kappa shape index (κ3) is 5.96. The zero-order valence-electron chi connectivity index (χ0n) is 23.9. The molecule has 2 aliphatic carbocycles. The SMILES string of the molecule is CNC(=O)Cc1ccc(C2CCCCC2N2CCCC2)c(C2CCCCC2N2CCCC2)c1CC(=O)NC. The molecule has 0 bridgehead atoms. The summed E-state index contributed by atoms with van der Waals surface area (Å²) in [6.07, 6.45) is 16.1. The van der Waals surface area contributed by atoms with Crippen molar-refractivity contribution in [2.45, 2.75) is 114 Å². The van der Waals surface area contributed by atoms with Crippen molar-refractivity contribution in [3.63, 3.8) is 0 Å². The Balaban J connectivity index is 1.64. The molecule has 0 radical (unpaired) electrons. The number of carbonyl (C=O) groups is 2. The van der Waals surface area contributed by atoms with E-state index in [2.05, 4.69) is 32.6 Å². The molecule has 4 atom stereocenters. The molecule has 2 heterocycles. The Morgan fingerprint density at radius 1 is 0.684 bits per heavy atom. The molecule has 0 spiro atoms. The van der Waals surface area contributed by atoms with Gasteiger partial charge in [0.25, 0.3) is 0 Å². The van der Waals surface area contributed by atoms with Crippen molar-refractivity contribution in [3.8, 4) is 0 Å². The lowest BCUT2D eigenvalue weighted by Gasteiger charge is -2.44. The number of benzene rings is 1. The smallest absolute Gasteiger partial charge is 0.224 e. The minimum absolute atomic E-state index is 0.0224. The Labute approximate surface area is 230 Å². The number of nitrogens with zero attached hydrogens (tertiary/aromatic N) is 2. The molecule has 2 amide bonds. The van der Waals surface area contributed by atoms with Gasteiger partial charge in [-0.2, -0.15) is 0 Å². The number of likely N-dealkylation sites (tertiary alicyclic amines) is 2. The van der Waals surface area contributed by atoms with Crippen LogP contribution in [-0.2, 0) is 22.4 Å². The van der Waals surface area contributed by atoms with Gasteiger partial charge in [0.2, 0.25) is 11.8 Å². The normalized spacial score (nSPS) is 28.9. The number of hydrogen-bond donors (Lipinski definition) is 2. The third-order valence-electron chi connectivity index (χ3n) is 10.2. The van der Waals surface area contributed by atoms with E-state index in [0.29, 0.717) is 36.8 Å². The standard InChI is InChI=1S/C32H50N4O2/c1-33-30(37)21-23-15-16-25(24-11-3-5-13-28(24)35-17-7-8-18-35)32(27(23)22-31(38)34-2)26-12-4-6-14-29(26)36-19-9-10-20-36/h15-16,24,26,28-29H,3-14,17-22H2,1-2H3,(H,33,37)(H,34,38). The maximum absolute atomic E-state index is 13.0. The van der Waals surface area contributed by atoms with Crippen LogP contribution in [0, 0.1) is 0 Å². The molecule has 4 unspecified atom stereocenters. The highest BCUT2D eigenvalue weighted by atomic mass is 16.2. The summed E-state index contributed by atoms with van der Waals surface area (Å²) in [5.74, 6) is 1.04. The van der Waals surface area contributed by atoms with Gasteiger partial charge in [-0.15, -0.1) is 0 Å². The second kappa shape index (κ2) is 13.0. The fourth-order valence-electron chi connectivity index (χ4n) is 8.32. The monoisotopic (exact) mass is 522 g/mol. The van der Waals surface area contributed by atoms with E-state index < -0.39 is 0 Å². The largest absolute Gasteiger partial charge is 0.359 e. The van der Waals surface area contributed by atoms with Crippen molar-refractivity contribution in [1.29, 1.82) is 0 Å². The van der Waals surface area contributed by atoms with E-state index in [1.807, 2.05) is 0 Å². The summed E-state index contributed by atoms with van der Waals surface area (Å²) in [6, 6.07) is 5.76. The van der Waals surface area contributed by atoms with E-state index in [1.165, 1.54) is 114 Å². The molecule has 2 aliphatic heterocycles. The van der Waals surface area contributed by atoms with Gasteiger partial charge < -0.3 is 10.6 Å². The summed E-state index contributed by atoms with van der Waals surface area (Å²) in [6.45, 7) is 4.88. The Bertz CT molecular complexity index is 966. The molecule has 4 fully saturated rings. The topological polar surface area (TPSA) is 64.7 Å². The first-order valence-electron chi connectivity index (χ1n) is 15.6. The van der Waals surface area contributed by atoms with Crippen molar-refractivity contribution in [2.24, 2.45) is 0 Å². The lowest BCUT2D eigenvalue weighted by molar-refractivity contribution is -0.121. The van der Waals surface area contributed by atoms with E-state index in [4.69, 9.17) is 0 Å². The summed E-state index contributed by atoms with van der Waals surface area (Å²) < 4.78 is 0. The molecule has 5 rings (SSSR count). The van der Waals surface area contributed by atoms with Crippen molar-refractivity contribution < 1.29 is 9.59 Å². The predicted octanol–water partition coefficient (Wildman–Crippen LogP) is 4.51. The second-order valence-corrected chi connectivity index (χ2v) is 12.3. The molecule has 2 saturated heterocycles. The van der Waals surface area contributed by atoms with Gasteiger partial charge >= 0.3 is 0 Å². The average molecular weight is 523 g/mol. The summed E-state index contributed by atoms with van der Waals surface area (Å²) in [5.41, 5.74) is 5.18. The molecule has 2 saturated carbocycles. The fourth-order valence-corrected chi connectivity index (χ4v) is 8.32. The maximum Gasteiger partial charge on any atom is 0.224 e. The lowest BCUT2D eigenvalue weighted by atomic mass is 9.69. The molecule has 2 N–H and O–H groups in total. The van der Waals surface area contributed by atoms with Crippen LogP contribution < -0.4 is 10.6 Å². The molecule has 1 aromatic rings. The number of rotatable bonds is 8. The highest BCUT2D eigenvalue weighted by molar-refractivity contribution is 5.82. The van der Waals surface area contributed by atoms with Crippen LogP contribution in [-0.4, -0.2) is 74.0 Å². The molecule has 4 aliphatic rings. The summed E-state index contributed by atoms with van der Waals surface area (Å²) in [7, 11) is 3.45. The van der Waals surface area contributed by atoms with E-state index in [0.717, 1.165) is 11.1 Å². The van der Waals surface area contributed by atoms with Crippen LogP contribution >= 0.6 is 0 Å². The zero-order chi connectivity index (χ0) is 26.5. The molecule has 1 aromatic carbocycles. The minimum Gasteiger partial charge on any atom is -0.359 e. The van der Waals surface area contributed by atoms with Crippen molar-refractivity contribution in [1.82, 2.24) is 20.4 Å². The van der Waals surface area contributed by atoms with Gasteiger partial charge in [-0.05, 0) is 106 Å². The molecule has 210 valence electrons. The van der Waals surface area contributed by atoms with Crippen LogP contribution in [0.25, 0.3) is 0 Å². The predicted molar refractivity (Wildman–Crippen MR) is 154 cm³/mol. The van der Waals surface area contributed by atoms with E-state index in [9.17, 15) is 9.59 Å².